The first-order valence-corrected chi connectivity index (χ1v) is 9.85. The Morgan fingerprint density at radius 2 is 1.83 bits per heavy atom. The van der Waals surface area contributed by atoms with Crippen molar-refractivity contribution in [3.05, 3.63) is 82.2 Å². The lowest BCUT2D eigenvalue weighted by Crippen LogP contribution is -2.24. The SMILES string of the molecule is CCc1ccccc1-n1c(C)cc(/C=N/NC(=O)Nc2cccc(C)c2C)c1C. The van der Waals surface area contributed by atoms with E-state index in [0.29, 0.717) is 0 Å². The van der Waals surface area contributed by atoms with E-state index in [0.717, 1.165) is 40.2 Å². The summed E-state index contributed by atoms with van der Waals surface area (Å²) >= 11 is 0. The molecule has 2 aromatic carbocycles. The molecule has 0 aliphatic rings. The number of para-hydroxylation sites is 1. The van der Waals surface area contributed by atoms with Crippen molar-refractivity contribution in [3.8, 4) is 5.69 Å². The van der Waals surface area contributed by atoms with Crippen LogP contribution in [-0.2, 0) is 6.42 Å². The van der Waals surface area contributed by atoms with Gasteiger partial charge in [-0.1, -0.05) is 37.3 Å². The van der Waals surface area contributed by atoms with Gasteiger partial charge in [0.05, 0.1) is 6.21 Å². The van der Waals surface area contributed by atoms with Gasteiger partial charge < -0.3 is 9.88 Å². The van der Waals surface area contributed by atoms with Crippen LogP contribution in [0.4, 0.5) is 10.5 Å². The molecule has 1 aromatic heterocycles. The quantitative estimate of drug-likeness (QED) is 0.444. The minimum atomic E-state index is -0.361. The molecule has 3 rings (SSSR count). The number of amides is 2. The van der Waals surface area contributed by atoms with Gasteiger partial charge in [0.1, 0.15) is 0 Å². The number of urea groups is 1. The number of aryl methyl sites for hydroxylation is 3. The molecule has 2 N–H and O–H groups in total. The fourth-order valence-electron chi connectivity index (χ4n) is 3.51. The van der Waals surface area contributed by atoms with E-state index in [2.05, 4.69) is 71.5 Å². The lowest BCUT2D eigenvalue weighted by Gasteiger charge is -2.13. The second-order valence-electron chi connectivity index (χ2n) is 7.22. The second-order valence-corrected chi connectivity index (χ2v) is 7.22. The fraction of sp³-hybridized carbons (Fsp3) is 0.250. The summed E-state index contributed by atoms with van der Waals surface area (Å²) in [5.74, 6) is 0. The maximum Gasteiger partial charge on any atom is 0.339 e. The summed E-state index contributed by atoms with van der Waals surface area (Å²) in [7, 11) is 0. The van der Waals surface area contributed by atoms with E-state index >= 15 is 0 Å². The first kappa shape index (κ1) is 20.4. The first-order chi connectivity index (χ1) is 13.9. The zero-order valence-electron chi connectivity index (χ0n) is 17.7. The average molecular weight is 389 g/mol. The summed E-state index contributed by atoms with van der Waals surface area (Å²) in [6.45, 7) is 10.3. The van der Waals surface area contributed by atoms with Crippen LogP contribution in [0.3, 0.4) is 0 Å². The highest BCUT2D eigenvalue weighted by atomic mass is 16.2. The Morgan fingerprint density at radius 3 is 2.59 bits per heavy atom. The third-order valence-corrected chi connectivity index (χ3v) is 5.31. The highest BCUT2D eigenvalue weighted by Crippen LogP contribution is 2.23. The molecule has 0 radical (unpaired) electrons. The molecule has 0 saturated heterocycles. The van der Waals surface area contributed by atoms with Crippen LogP contribution in [0.1, 0.15) is 40.6 Å². The minimum absolute atomic E-state index is 0.361. The van der Waals surface area contributed by atoms with E-state index in [1.165, 1.54) is 11.3 Å². The summed E-state index contributed by atoms with van der Waals surface area (Å²) in [6, 6.07) is 15.9. The Hall–Kier alpha value is -3.34. The molecule has 0 saturated carbocycles. The number of aromatic nitrogens is 1. The van der Waals surface area contributed by atoms with Gasteiger partial charge in [0.25, 0.3) is 0 Å². The van der Waals surface area contributed by atoms with Crippen LogP contribution in [0.2, 0.25) is 0 Å². The predicted octanol–water partition coefficient (Wildman–Crippen LogP) is 5.43. The minimum Gasteiger partial charge on any atom is -0.318 e. The Morgan fingerprint density at radius 1 is 1.07 bits per heavy atom. The van der Waals surface area contributed by atoms with Gasteiger partial charge >= 0.3 is 6.03 Å². The number of hydrogen-bond acceptors (Lipinski definition) is 2. The van der Waals surface area contributed by atoms with Crippen LogP contribution in [0.5, 0.6) is 0 Å². The van der Waals surface area contributed by atoms with Gasteiger partial charge in [0.15, 0.2) is 0 Å². The van der Waals surface area contributed by atoms with E-state index < -0.39 is 0 Å². The smallest absolute Gasteiger partial charge is 0.318 e. The van der Waals surface area contributed by atoms with Gasteiger partial charge in [-0.05, 0) is 69.0 Å². The maximum absolute atomic E-state index is 12.2. The summed E-state index contributed by atoms with van der Waals surface area (Å²) in [4.78, 5) is 12.2. The lowest BCUT2D eigenvalue weighted by atomic mass is 10.1. The zero-order valence-corrected chi connectivity index (χ0v) is 17.7. The van der Waals surface area contributed by atoms with Crippen molar-refractivity contribution < 1.29 is 4.79 Å². The zero-order chi connectivity index (χ0) is 21.0. The molecule has 0 unspecified atom stereocenters. The number of hydrazone groups is 1. The number of carbonyl (C=O) groups excluding carboxylic acids is 1. The van der Waals surface area contributed by atoms with Crippen molar-refractivity contribution >= 4 is 17.9 Å². The van der Waals surface area contributed by atoms with E-state index in [4.69, 9.17) is 0 Å². The molecule has 1 heterocycles. The number of hydrogen-bond donors (Lipinski definition) is 2. The third-order valence-electron chi connectivity index (χ3n) is 5.31. The predicted molar refractivity (Wildman–Crippen MR) is 120 cm³/mol. The molecule has 0 aliphatic heterocycles. The summed E-state index contributed by atoms with van der Waals surface area (Å²) in [6.07, 6.45) is 2.66. The molecule has 0 spiro atoms. The summed E-state index contributed by atoms with van der Waals surface area (Å²) < 4.78 is 2.23. The average Bonchev–Trinajstić information content (AvgIpc) is 2.98. The van der Waals surface area contributed by atoms with Crippen LogP contribution in [0.25, 0.3) is 5.69 Å². The molecule has 150 valence electrons. The molecule has 3 aromatic rings. The molecule has 0 atom stereocenters. The number of benzene rings is 2. The monoisotopic (exact) mass is 388 g/mol. The molecule has 29 heavy (non-hydrogen) atoms. The highest BCUT2D eigenvalue weighted by molar-refractivity contribution is 5.91. The topological polar surface area (TPSA) is 58.4 Å². The van der Waals surface area contributed by atoms with E-state index in [-0.39, 0.29) is 6.03 Å². The van der Waals surface area contributed by atoms with Crippen molar-refractivity contribution in [3.63, 3.8) is 0 Å². The van der Waals surface area contributed by atoms with E-state index in [1.54, 1.807) is 6.21 Å². The van der Waals surface area contributed by atoms with Gasteiger partial charge in [0, 0.05) is 28.3 Å². The number of nitrogens with one attached hydrogen (secondary N) is 2. The molecular weight excluding hydrogens is 360 g/mol. The van der Waals surface area contributed by atoms with Crippen molar-refractivity contribution in [2.45, 2.75) is 41.0 Å². The second kappa shape index (κ2) is 8.78. The molecule has 0 bridgehead atoms. The van der Waals surface area contributed by atoms with Gasteiger partial charge in [-0.2, -0.15) is 5.10 Å². The van der Waals surface area contributed by atoms with Crippen LogP contribution in [0, 0.1) is 27.7 Å². The number of carbonyl (C=O) groups is 1. The number of rotatable bonds is 5. The summed E-state index contributed by atoms with van der Waals surface area (Å²) in [5.41, 5.74) is 11.2. The molecule has 5 nitrogen and oxygen atoms in total. The molecule has 2 amide bonds. The van der Waals surface area contributed by atoms with E-state index in [1.807, 2.05) is 32.0 Å². The summed E-state index contributed by atoms with van der Waals surface area (Å²) in [5, 5.41) is 6.98. The standard InChI is InChI=1S/C24H28N4O/c1-6-20-11-7-8-13-23(20)28-17(3)14-21(19(28)5)15-25-27-24(29)26-22-12-9-10-16(2)18(22)4/h7-15H,6H2,1-5H3,(H2,26,27,29)/b25-15+. The first-order valence-electron chi connectivity index (χ1n) is 9.85. The molecule has 5 heteroatoms. The van der Waals surface area contributed by atoms with Gasteiger partial charge in [-0.15, -0.1) is 0 Å². The normalized spacial score (nSPS) is 11.1. The Balaban J connectivity index is 1.75. The van der Waals surface area contributed by atoms with E-state index in [9.17, 15) is 4.79 Å². The molecule has 0 aliphatic carbocycles. The highest BCUT2D eigenvalue weighted by Gasteiger charge is 2.12. The van der Waals surface area contributed by atoms with Gasteiger partial charge in [-0.3, -0.25) is 0 Å². The third kappa shape index (κ3) is 4.40. The Bertz CT molecular complexity index is 1060. The van der Waals surface area contributed by atoms with Crippen molar-refractivity contribution in [1.82, 2.24) is 9.99 Å². The lowest BCUT2D eigenvalue weighted by molar-refractivity contribution is 0.252. The Labute approximate surface area is 172 Å². The van der Waals surface area contributed by atoms with Gasteiger partial charge in [0.2, 0.25) is 0 Å². The largest absolute Gasteiger partial charge is 0.339 e. The number of anilines is 1. The van der Waals surface area contributed by atoms with Crippen LogP contribution in [0.15, 0.2) is 53.6 Å². The van der Waals surface area contributed by atoms with Crippen LogP contribution in [-0.4, -0.2) is 16.8 Å². The number of nitrogens with zero attached hydrogens (tertiary/aromatic N) is 2. The van der Waals surface area contributed by atoms with Crippen molar-refractivity contribution in [2.75, 3.05) is 5.32 Å². The van der Waals surface area contributed by atoms with Crippen LogP contribution >= 0.6 is 0 Å². The van der Waals surface area contributed by atoms with Crippen molar-refractivity contribution in [2.24, 2.45) is 5.10 Å². The van der Waals surface area contributed by atoms with Gasteiger partial charge in [-0.25, -0.2) is 10.2 Å². The maximum atomic E-state index is 12.2. The van der Waals surface area contributed by atoms with Crippen LogP contribution < -0.4 is 10.7 Å². The Kier molecular flexibility index (Phi) is 6.17. The molecular formula is C24H28N4O. The molecule has 0 fully saturated rings. The fourth-order valence-corrected chi connectivity index (χ4v) is 3.51. The van der Waals surface area contributed by atoms with Crippen molar-refractivity contribution in [1.29, 1.82) is 0 Å².